The van der Waals surface area contributed by atoms with E-state index in [-0.39, 0.29) is 13.1 Å². The smallest absolute Gasteiger partial charge is 0.460 e. The van der Waals surface area contributed by atoms with Crippen LogP contribution in [-0.4, -0.2) is 42.8 Å². The standard InChI is InChI=1S/C11H17F3N2O3/c1-10(2,3)19-8(17)6-4-15-5-7(6)16-9(18)11(12,13)14/h6-7,15H,4-5H2,1-3H3,(H,16,18). The SMILES string of the molecule is CC(C)(C)OC(=O)C1CNCC1NC(=O)C(F)(F)F. The van der Waals surface area contributed by atoms with Gasteiger partial charge < -0.3 is 15.4 Å². The van der Waals surface area contributed by atoms with Gasteiger partial charge in [-0.05, 0) is 20.8 Å². The monoisotopic (exact) mass is 282 g/mol. The Morgan fingerprint density at radius 3 is 2.26 bits per heavy atom. The first kappa shape index (κ1) is 15.7. The topological polar surface area (TPSA) is 67.4 Å². The highest BCUT2D eigenvalue weighted by Crippen LogP contribution is 2.19. The van der Waals surface area contributed by atoms with E-state index in [1.165, 1.54) is 0 Å². The van der Waals surface area contributed by atoms with Gasteiger partial charge in [0.25, 0.3) is 0 Å². The summed E-state index contributed by atoms with van der Waals surface area (Å²) in [6.45, 7) is 5.27. The summed E-state index contributed by atoms with van der Waals surface area (Å²) in [4.78, 5) is 22.7. The molecule has 0 saturated carbocycles. The minimum atomic E-state index is -4.96. The van der Waals surface area contributed by atoms with Crippen LogP contribution >= 0.6 is 0 Å². The van der Waals surface area contributed by atoms with E-state index < -0.39 is 35.6 Å². The molecule has 5 nitrogen and oxygen atoms in total. The summed E-state index contributed by atoms with van der Waals surface area (Å²) in [5, 5.41) is 4.57. The second-order valence-corrected chi connectivity index (χ2v) is 5.38. The molecule has 19 heavy (non-hydrogen) atoms. The van der Waals surface area contributed by atoms with Crippen LogP contribution in [0.5, 0.6) is 0 Å². The van der Waals surface area contributed by atoms with E-state index in [0.29, 0.717) is 0 Å². The van der Waals surface area contributed by atoms with Crippen LogP contribution in [0.25, 0.3) is 0 Å². The van der Waals surface area contributed by atoms with Crippen molar-refractivity contribution < 1.29 is 27.5 Å². The van der Waals surface area contributed by atoms with E-state index in [4.69, 9.17) is 4.74 Å². The Bertz CT molecular complexity index is 363. The number of ether oxygens (including phenoxy) is 1. The Kier molecular flexibility index (Phi) is 4.44. The van der Waals surface area contributed by atoms with Gasteiger partial charge in [0.1, 0.15) is 5.60 Å². The Morgan fingerprint density at radius 2 is 1.79 bits per heavy atom. The van der Waals surface area contributed by atoms with Gasteiger partial charge in [0.2, 0.25) is 0 Å². The first-order valence-corrected chi connectivity index (χ1v) is 5.82. The molecule has 2 N–H and O–H groups in total. The fourth-order valence-corrected chi connectivity index (χ4v) is 1.71. The molecule has 0 aromatic rings. The van der Waals surface area contributed by atoms with Gasteiger partial charge in [-0.3, -0.25) is 9.59 Å². The number of hydrogen-bond acceptors (Lipinski definition) is 4. The average molecular weight is 282 g/mol. The maximum absolute atomic E-state index is 12.2. The van der Waals surface area contributed by atoms with Gasteiger partial charge in [-0.25, -0.2) is 0 Å². The summed E-state index contributed by atoms with van der Waals surface area (Å²) in [5.74, 6) is -3.48. The van der Waals surface area contributed by atoms with Crippen molar-refractivity contribution in [2.45, 2.75) is 38.6 Å². The van der Waals surface area contributed by atoms with Crippen LogP contribution in [0.3, 0.4) is 0 Å². The number of amides is 1. The number of carbonyl (C=O) groups is 2. The molecule has 0 bridgehead atoms. The van der Waals surface area contributed by atoms with Crippen LogP contribution in [0.15, 0.2) is 0 Å². The Balaban J connectivity index is 2.64. The number of rotatable bonds is 2. The van der Waals surface area contributed by atoms with E-state index in [1.807, 2.05) is 5.32 Å². The molecule has 1 aliphatic heterocycles. The van der Waals surface area contributed by atoms with Crippen molar-refractivity contribution in [1.29, 1.82) is 0 Å². The second kappa shape index (κ2) is 5.36. The fourth-order valence-electron chi connectivity index (χ4n) is 1.71. The third-order valence-electron chi connectivity index (χ3n) is 2.50. The lowest BCUT2D eigenvalue weighted by atomic mass is 10.0. The van der Waals surface area contributed by atoms with Crippen molar-refractivity contribution in [1.82, 2.24) is 10.6 Å². The van der Waals surface area contributed by atoms with Crippen molar-refractivity contribution in [3.63, 3.8) is 0 Å². The molecule has 2 atom stereocenters. The van der Waals surface area contributed by atoms with E-state index in [2.05, 4.69) is 5.32 Å². The molecular formula is C11H17F3N2O3. The van der Waals surface area contributed by atoms with Gasteiger partial charge in [0.05, 0.1) is 12.0 Å². The van der Waals surface area contributed by atoms with Crippen LogP contribution in [0.4, 0.5) is 13.2 Å². The Morgan fingerprint density at radius 1 is 1.21 bits per heavy atom. The normalized spacial score (nSPS) is 24.1. The number of esters is 1. The van der Waals surface area contributed by atoms with Crippen molar-refractivity contribution in [2.24, 2.45) is 5.92 Å². The Labute approximate surface area is 108 Å². The highest BCUT2D eigenvalue weighted by molar-refractivity contribution is 5.83. The molecular weight excluding hydrogens is 265 g/mol. The van der Waals surface area contributed by atoms with Gasteiger partial charge in [0, 0.05) is 13.1 Å². The van der Waals surface area contributed by atoms with Crippen molar-refractivity contribution in [3.8, 4) is 0 Å². The molecule has 1 saturated heterocycles. The largest absolute Gasteiger partial charge is 0.471 e. The summed E-state index contributed by atoms with van der Waals surface area (Å²) in [6.07, 6.45) is -4.96. The molecule has 0 aliphatic carbocycles. The highest BCUT2D eigenvalue weighted by Gasteiger charge is 2.44. The molecule has 1 aliphatic rings. The van der Waals surface area contributed by atoms with E-state index in [9.17, 15) is 22.8 Å². The summed E-state index contributed by atoms with van der Waals surface area (Å²) in [5.41, 5.74) is -0.724. The van der Waals surface area contributed by atoms with Crippen LogP contribution in [0.2, 0.25) is 0 Å². The van der Waals surface area contributed by atoms with Gasteiger partial charge in [-0.15, -0.1) is 0 Å². The lowest BCUT2D eigenvalue weighted by Crippen LogP contribution is -2.49. The lowest BCUT2D eigenvalue weighted by molar-refractivity contribution is -0.175. The molecule has 8 heteroatoms. The summed E-state index contributed by atoms with van der Waals surface area (Å²) in [6, 6.07) is -0.913. The van der Waals surface area contributed by atoms with Gasteiger partial charge >= 0.3 is 18.1 Å². The second-order valence-electron chi connectivity index (χ2n) is 5.38. The molecule has 1 rings (SSSR count). The molecule has 0 radical (unpaired) electrons. The highest BCUT2D eigenvalue weighted by atomic mass is 19.4. The zero-order valence-electron chi connectivity index (χ0n) is 10.9. The van der Waals surface area contributed by atoms with Crippen molar-refractivity contribution in [3.05, 3.63) is 0 Å². The van der Waals surface area contributed by atoms with Crippen LogP contribution in [0, 0.1) is 5.92 Å². The zero-order valence-corrected chi connectivity index (χ0v) is 10.9. The van der Waals surface area contributed by atoms with Crippen molar-refractivity contribution >= 4 is 11.9 Å². The van der Waals surface area contributed by atoms with Crippen LogP contribution in [-0.2, 0) is 14.3 Å². The lowest BCUT2D eigenvalue weighted by Gasteiger charge is -2.25. The molecule has 0 spiro atoms. The first-order valence-electron chi connectivity index (χ1n) is 5.82. The molecule has 2 unspecified atom stereocenters. The maximum atomic E-state index is 12.2. The van der Waals surface area contributed by atoms with E-state index >= 15 is 0 Å². The summed E-state index contributed by atoms with van der Waals surface area (Å²) >= 11 is 0. The van der Waals surface area contributed by atoms with Gasteiger partial charge in [-0.2, -0.15) is 13.2 Å². The number of hydrogen-bond donors (Lipinski definition) is 2. The third kappa shape index (κ3) is 4.70. The van der Waals surface area contributed by atoms with Gasteiger partial charge in [0.15, 0.2) is 0 Å². The minimum absolute atomic E-state index is 0.103. The summed E-state index contributed by atoms with van der Waals surface area (Å²) < 4.78 is 41.6. The molecule has 1 fully saturated rings. The van der Waals surface area contributed by atoms with Crippen molar-refractivity contribution in [2.75, 3.05) is 13.1 Å². The molecule has 1 heterocycles. The molecule has 110 valence electrons. The predicted molar refractivity (Wildman–Crippen MR) is 60.2 cm³/mol. The fraction of sp³-hybridized carbons (Fsp3) is 0.818. The van der Waals surface area contributed by atoms with E-state index in [0.717, 1.165) is 0 Å². The van der Waals surface area contributed by atoms with Gasteiger partial charge in [-0.1, -0.05) is 0 Å². The molecule has 0 aromatic carbocycles. The minimum Gasteiger partial charge on any atom is -0.460 e. The maximum Gasteiger partial charge on any atom is 0.471 e. The number of alkyl halides is 3. The average Bonchev–Trinajstić information content (AvgIpc) is 2.61. The van der Waals surface area contributed by atoms with Crippen LogP contribution in [0.1, 0.15) is 20.8 Å². The first-order chi connectivity index (χ1) is 8.50. The number of halogens is 3. The zero-order chi connectivity index (χ0) is 14.8. The number of nitrogens with one attached hydrogen (secondary N) is 2. The third-order valence-corrected chi connectivity index (χ3v) is 2.50. The molecule has 0 aromatic heterocycles. The quantitative estimate of drug-likeness (QED) is 0.728. The number of carbonyl (C=O) groups excluding carboxylic acids is 2. The predicted octanol–water partition coefficient (Wildman–Crippen LogP) is 0.595. The Hall–Kier alpha value is -1.31. The van der Waals surface area contributed by atoms with Crippen LogP contribution < -0.4 is 10.6 Å². The van der Waals surface area contributed by atoms with E-state index in [1.54, 1.807) is 20.8 Å². The molecule has 1 amide bonds. The summed E-state index contributed by atoms with van der Waals surface area (Å²) in [7, 11) is 0.